The lowest BCUT2D eigenvalue weighted by Gasteiger charge is -2.04. The minimum absolute atomic E-state index is 0.347. The van der Waals surface area contributed by atoms with Crippen LogP contribution < -0.4 is 0 Å². The molecule has 0 aliphatic carbocycles. The van der Waals surface area contributed by atoms with Gasteiger partial charge in [-0.25, -0.2) is 4.79 Å². The van der Waals surface area contributed by atoms with E-state index in [0.29, 0.717) is 17.7 Å². The molecule has 0 atom stereocenters. The minimum Gasteiger partial charge on any atom is -0.462 e. The van der Waals surface area contributed by atoms with E-state index < -0.39 is 5.97 Å². The van der Waals surface area contributed by atoms with Crippen LogP contribution in [0.4, 0.5) is 0 Å². The summed E-state index contributed by atoms with van der Waals surface area (Å²) < 4.78 is 4.82. The Morgan fingerprint density at radius 1 is 1.57 bits per heavy atom. The fourth-order valence-electron chi connectivity index (χ4n) is 0.982. The fraction of sp³-hybridized carbons (Fsp3) is 0.273. The van der Waals surface area contributed by atoms with Gasteiger partial charge in [-0.05, 0) is 19.9 Å². The van der Waals surface area contributed by atoms with Gasteiger partial charge >= 0.3 is 5.97 Å². The normalized spacial score (nSPS) is 9.57. The Morgan fingerprint density at radius 3 is 2.79 bits per heavy atom. The molecule has 1 rings (SSSR count). The summed E-state index contributed by atoms with van der Waals surface area (Å²) in [6.07, 6.45) is 1.62. The number of aromatic nitrogens is 1. The number of rotatable bonds is 3. The van der Waals surface area contributed by atoms with Gasteiger partial charge in [0.1, 0.15) is 0 Å². The lowest BCUT2D eigenvalue weighted by atomic mass is 10.1. The van der Waals surface area contributed by atoms with E-state index in [0.717, 1.165) is 5.69 Å². The maximum atomic E-state index is 11.3. The van der Waals surface area contributed by atoms with E-state index in [1.54, 1.807) is 13.1 Å². The van der Waals surface area contributed by atoms with Crippen molar-refractivity contribution in [1.29, 1.82) is 0 Å². The summed E-state index contributed by atoms with van der Waals surface area (Å²) in [5.74, 6) is -0.391. The largest absolute Gasteiger partial charge is 0.462 e. The molecule has 0 unspecified atom stereocenters. The third-order valence-electron chi connectivity index (χ3n) is 1.78. The topological polar surface area (TPSA) is 39.2 Å². The van der Waals surface area contributed by atoms with Crippen molar-refractivity contribution in [3.8, 4) is 0 Å². The Morgan fingerprint density at radius 2 is 2.29 bits per heavy atom. The van der Waals surface area contributed by atoms with Crippen LogP contribution in [0.1, 0.15) is 18.2 Å². The van der Waals surface area contributed by atoms with E-state index in [-0.39, 0.29) is 0 Å². The lowest BCUT2D eigenvalue weighted by molar-refractivity contribution is -0.136. The smallest absolute Gasteiger partial charge is 0.338 e. The molecule has 0 saturated heterocycles. The van der Waals surface area contributed by atoms with Crippen molar-refractivity contribution in [3.05, 3.63) is 36.2 Å². The second-order valence-corrected chi connectivity index (χ2v) is 2.89. The summed E-state index contributed by atoms with van der Waals surface area (Å²) in [5.41, 5.74) is 1.96. The molecule has 0 fully saturated rings. The van der Waals surface area contributed by atoms with Crippen LogP contribution in [0.2, 0.25) is 0 Å². The molecule has 1 aromatic rings. The highest BCUT2D eigenvalue weighted by molar-refractivity contribution is 6.15. The first-order valence-electron chi connectivity index (χ1n) is 4.44. The van der Waals surface area contributed by atoms with Gasteiger partial charge in [0.25, 0.3) is 0 Å². The SMILES string of the molecule is C=C(C(=O)OCC)c1ccc(C)nc1. The number of aryl methyl sites for hydroxylation is 1. The van der Waals surface area contributed by atoms with E-state index in [1.165, 1.54) is 0 Å². The first-order valence-corrected chi connectivity index (χ1v) is 4.44. The molecule has 0 aliphatic rings. The summed E-state index contributed by atoms with van der Waals surface area (Å²) >= 11 is 0. The van der Waals surface area contributed by atoms with Crippen molar-refractivity contribution in [3.63, 3.8) is 0 Å². The molecular formula is C11H13NO2. The zero-order valence-corrected chi connectivity index (χ0v) is 8.41. The molecule has 0 amide bonds. The van der Waals surface area contributed by atoms with Gasteiger partial charge in [-0.15, -0.1) is 0 Å². The molecule has 0 aliphatic heterocycles. The van der Waals surface area contributed by atoms with E-state index in [1.807, 2.05) is 19.1 Å². The van der Waals surface area contributed by atoms with Crippen LogP contribution in [0.25, 0.3) is 5.57 Å². The van der Waals surface area contributed by atoms with Gasteiger partial charge < -0.3 is 4.74 Å². The predicted molar refractivity (Wildman–Crippen MR) is 54.6 cm³/mol. The maximum absolute atomic E-state index is 11.3. The minimum atomic E-state index is -0.391. The van der Waals surface area contributed by atoms with Crippen LogP contribution >= 0.6 is 0 Å². The molecule has 74 valence electrons. The van der Waals surface area contributed by atoms with Gasteiger partial charge in [0, 0.05) is 17.5 Å². The van der Waals surface area contributed by atoms with Crippen LogP contribution in [0.3, 0.4) is 0 Å². The summed E-state index contributed by atoms with van der Waals surface area (Å²) in [4.78, 5) is 15.4. The second-order valence-electron chi connectivity index (χ2n) is 2.89. The van der Waals surface area contributed by atoms with Gasteiger partial charge in [0.05, 0.1) is 12.2 Å². The summed E-state index contributed by atoms with van der Waals surface area (Å²) in [5, 5.41) is 0. The average Bonchev–Trinajstić information content (AvgIpc) is 2.18. The zero-order chi connectivity index (χ0) is 10.6. The molecule has 0 radical (unpaired) electrons. The van der Waals surface area contributed by atoms with Crippen LogP contribution in [-0.2, 0) is 9.53 Å². The highest BCUT2D eigenvalue weighted by Crippen LogP contribution is 2.12. The number of pyridine rings is 1. The molecule has 1 aromatic heterocycles. The summed E-state index contributed by atoms with van der Waals surface area (Å²) in [6.45, 7) is 7.67. The number of ether oxygens (including phenoxy) is 1. The van der Waals surface area contributed by atoms with Gasteiger partial charge in [0.15, 0.2) is 0 Å². The molecule has 0 spiro atoms. The van der Waals surface area contributed by atoms with Crippen molar-refractivity contribution in [2.75, 3.05) is 6.61 Å². The number of esters is 1. The molecule has 3 heteroatoms. The highest BCUT2D eigenvalue weighted by atomic mass is 16.5. The molecule has 0 bridgehead atoms. The lowest BCUT2D eigenvalue weighted by Crippen LogP contribution is -2.06. The third kappa shape index (κ3) is 2.42. The first kappa shape index (κ1) is 10.4. The quantitative estimate of drug-likeness (QED) is 0.541. The predicted octanol–water partition coefficient (Wildman–Crippen LogP) is 1.97. The summed E-state index contributed by atoms with van der Waals surface area (Å²) in [6, 6.07) is 3.64. The number of hydrogen-bond donors (Lipinski definition) is 0. The van der Waals surface area contributed by atoms with Crippen molar-refractivity contribution < 1.29 is 9.53 Å². The molecule has 0 aromatic carbocycles. The van der Waals surface area contributed by atoms with Gasteiger partial charge in [-0.3, -0.25) is 4.98 Å². The van der Waals surface area contributed by atoms with E-state index in [4.69, 9.17) is 4.74 Å². The van der Waals surface area contributed by atoms with Gasteiger partial charge in [-0.1, -0.05) is 12.6 Å². The second kappa shape index (κ2) is 4.56. The molecular weight excluding hydrogens is 178 g/mol. The Hall–Kier alpha value is -1.64. The Bertz CT molecular complexity index is 341. The van der Waals surface area contributed by atoms with Gasteiger partial charge in [0.2, 0.25) is 0 Å². The average molecular weight is 191 g/mol. The van der Waals surface area contributed by atoms with E-state index >= 15 is 0 Å². The Kier molecular flexibility index (Phi) is 3.40. The van der Waals surface area contributed by atoms with Crippen molar-refractivity contribution >= 4 is 11.5 Å². The van der Waals surface area contributed by atoms with Crippen LogP contribution in [0.15, 0.2) is 24.9 Å². The van der Waals surface area contributed by atoms with Crippen LogP contribution in [0, 0.1) is 6.92 Å². The standard InChI is InChI=1S/C11H13NO2/c1-4-14-11(13)9(3)10-6-5-8(2)12-7-10/h5-7H,3-4H2,1-2H3. The van der Waals surface area contributed by atoms with Crippen molar-refractivity contribution in [2.24, 2.45) is 0 Å². The molecule has 3 nitrogen and oxygen atoms in total. The Balaban J connectivity index is 2.79. The monoisotopic (exact) mass is 191 g/mol. The van der Waals surface area contributed by atoms with Crippen molar-refractivity contribution in [1.82, 2.24) is 4.98 Å². The van der Waals surface area contributed by atoms with E-state index in [2.05, 4.69) is 11.6 Å². The number of hydrogen-bond acceptors (Lipinski definition) is 3. The van der Waals surface area contributed by atoms with E-state index in [9.17, 15) is 4.79 Å². The first-order chi connectivity index (χ1) is 6.65. The summed E-state index contributed by atoms with van der Waals surface area (Å²) in [7, 11) is 0. The maximum Gasteiger partial charge on any atom is 0.338 e. The molecule has 0 N–H and O–H groups in total. The zero-order valence-electron chi connectivity index (χ0n) is 8.41. The highest BCUT2D eigenvalue weighted by Gasteiger charge is 2.09. The molecule has 14 heavy (non-hydrogen) atoms. The number of carbonyl (C=O) groups excluding carboxylic acids is 1. The Labute approximate surface area is 83.4 Å². The third-order valence-corrected chi connectivity index (χ3v) is 1.78. The van der Waals surface area contributed by atoms with Crippen molar-refractivity contribution in [2.45, 2.75) is 13.8 Å². The molecule has 1 heterocycles. The molecule has 0 saturated carbocycles. The van der Waals surface area contributed by atoms with Crippen LogP contribution in [-0.4, -0.2) is 17.6 Å². The van der Waals surface area contributed by atoms with Gasteiger partial charge in [-0.2, -0.15) is 0 Å². The fourth-order valence-corrected chi connectivity index (χ4v) is 0.982. The number of nitrogens with zero attached hydrogens (tertiary/aromatic N) is 1. The number of carbonyl (C=O) groups is 1. The van der Waals surface area contributed by atoms with Crippen LogP contribution in [0.5, 0.6) is 0 Å².